The summed E-state index contributed by atoms with van der Waals surface area (Å²) in [5.74, 6) is -0.397. The number of pyridine rings is 1. The van der Waals surface area contributed by atoms with E-state index < -0.39 is 6.04 Å². The number of rotatable bonds is 5. The van der Waals surface area contributed by atoms with Crippen LogP contribution < -0.4 is 10.9 Å². The molecule has 1 aromatic heterocycles. The summed E-state index contributed by atoms with van der Waals surface area (Å²) in [6.07, 6.45) is 3.60. The van der Waals surface area contributed by atoms with E-state index in [1.165, 1.54) is 0 Å². The average Bonchev–Trinajstić information content (AvgIpc) is 3.18. The first kappa shape index (κ1) is 16.1. The van der Waals surface area contributed by atoms with Gasteiger partial charge in [-0.15, -0.1) is 0 Å². The standard InChI is InChI=1S/C18H20N4O2/c23-17(15-10-4-5-11-19-15)21-20-16(14-8-2-1-3-9-14)18(24)22-12-6-7-13-22/h1-5,8-11,16,20H,6-7,12-13H2,(H,21,23)/t16-/m0/s1. The molecule has 24 heavy (non-hydrogen) atoms. The van der Waals surface area contributed by atoms with E-state index in [1.54, 1.807) is 24.4 Å². The van der Waals surface area contributed by atoms with Gasteiger partial charge in [0, 0.05) is 19.3 Å². The van der Waals surface area contributed by atoms with Crippen LogP contribution in [0, 0.1) is 0 Å². The highest BCUT2D eigenvalue weighted by Gasteiger charge is 2.28. The van der Waals surface area contributed by atoms with Gasteiger partial charge < -0.3 is 4.90 Å². The second kappa shape index (κ2) is 7.70. The summed E-state index contributed by atoms with van der Waals surface area (Å²) in [5, 5.41) is 0. The minimum atomic E-state index is -0.614. The van der Waals surface area contributed by atoms with Crippen LogP contribution in [0.1, 0.15) is 34.9 Å². The second-order valence-corrected chi connectivity index (χ2v) is 5.69. The molecule has 1 aliphatic rings. The lowest BCUT2D eigenvalue weighted by Gasteiger charge is -2.24. The van der Waals surface area contributed by atoms with Gasteiger partial charge in [-0.2, -0.15) is 0 Å². The third-order valence-electron chi connectivity index (χ3n) is 4.03. The fraction of sp³-hybridized carbons (Fsp3) is 0.278. The Kier molecular flexibility index (Phi) is 5.18. The summed E-state index contributed by atoms with van der Waals surface area (Å²) in [6, 6.07) is 13.9. The van der Waals surface area contributed by atoms with E-state index in [-0.39, 0.29) is 11.8 Å². The Labute approximate surface area is 140 Å². The molecule has 124 valence electrons. The number of hydrazine groups is 1. The zero-order valence-corrected chi connectivity index (χ0v) is 13.3. The van der Waals surface area contributed by atoms with Crippen molar-refractivity contribution in [2.24, 2.45) is 0 Å². The zero-order valence-electron chi connectivity index (χ0n) is 13.3. The Bertz CT molecular complexity index is 685. The van der Waals surface area contributed by atoms with Gasteiger partial charge in [-0.25, -0.2) is 5.43 Å². The van der Waals surface area contributed by atoms with E-state index in [0.29, 0.717) is 5.69 Å². The van der Waals surface area contributed by atoms with Crippen molar-refractivity contribution in [1.82, 2.24) is 20.7 Å². The van der Waals surface area contributed by atoms with Gasteiger partial charge >= 0.3 is 0 Å². The van der Waals surface area contributed by atoms with Crippen LogP contribution in [0.25, 0.3) is 0 Å². The first-order valence-corrected chi connectivity index (χ1v) is 8.06. The molecule has 6 nitrogen and oxygen atoms in total. The Morgan fingerprint density at radius 1 is 1.00 bits per heavy atom. The Balaban J connectivity index is 1.72. The van der Waals surface area contributed by atoms with Crippen LogP contribution in [0.5, 0.6) is 0 Å². The molecule has 6 heteroatoms. The molecule has 0 radical (unpaired) electrons. The molecule has 2 heterocycles. The molecule has 2 amide bonds. The average molecular weight is 324 g/mol. The Hall–Kier alpha value is -2.73. The van der Waals surface area contributed by atoms with Crippen molar-refractivity contribution in [2.45, 2.75) is 18.9 Å². The molecule has 1 saturated heterocycles. The van der Waals surface area contributed by atoms with Gasteiger partial charge in [0.25, 0.3) is 5.91 Å². The third kappa shape index (κ3) is 3.78. The third-order valence-corrected chi connectivity index (χ3v) is 4.03. The van der Waals surface area contributed by atoms with Crippen molar-refractivity contribution >= 4 is 11.8 Å². The lowest BCUT2D eigenvalue weighted by molar-refractivity contribution is -0.132. The van der Waals surface area contributed by atoms with Gasteiger partial charge in [0.05, 0.1) is 0 Å². The van der Waals surface area contributed by atoms with Gasteiger partial charge in [0.1, 0.15) is 11.7 Å². The van der Waals surface area contributed by atoms with Gasteiger partial charge in [0.15, 0.2) is 0 Å². The minimum Gasteiger partial charge on any atom is -0.341 e. The first-order chi connectivity index (χ1) is 11.8. The molecule has 0 unspecified atom stereocenters. The van der Waals surface area contributed by atoms with Gasteiger partial charge in [-0.1, -0.05) is 36.4 Å². The van der Waals surface area contributed by atoms with E-state index in [9.17, 15) is 9.59 Å². The number of hydrogen-bond donors (Lipinski definition) is 2. The normalized spacial score (nSPS) is 15.1. The molecule has 1 aromatic carbocycles. The van der Waals surface area contributed by atoms with E-state index in [4.69, 9.17) is 0 Å². The van der Waals surface area contributed by atoms with Crippen molar-refractivity contribution in [1.29, 1.82) is 0 Å². The van der Waals surface area contributed by atoms with Crippen molar-refractivity contribution in [3.63, 3.8) is 0 Å². The number of nitrogens with zero attached hydrogens (tertiary/aromatic N) is 2. The maximum absolute atomic E-state index is 12.8. The van der Waals surface area contributed by atoms with Gasteiger partial charge in [-0.3, -0.25) is 20.0 Å². The number of carbonyl (C=O) groups excluding carboxylic acids is 2. The maximum atomic E-state index is 12.8. The summed E-state index contributed by atoms with van der Waals surface area (Å²) in [5.41, 5.74) is 6.60. The van der Waals surface area contributed by atoms with Gasteiger partial charge in [0.2, 0.25) is 5.91 Å². The second-order valence-electron chi connectivity index (χ2n) is 5.69. The molecule has 1 aliphatic heterocycles. The van der Waals surface area contributed by atoms with E-state index >= 15 is 0 Å². The van der Waals surface area contributed by atoms with Crippen LogP contribution in [0.3, 0.4) is 0 Å². The van der Waals surface area contributed by atoms with Crippen molar-refractivity contribution in [3.05, 3.63) is 66.0 Å². The first-order valence-electron chi connectivity index (χ1n) is 8.06. The van der Waals surface area contributed by atoms with Crippen LogP contribution in [-0.4, -0.2) is 34.8 Å². The fourth-order valence-corrected chi connectivity index (χ4v) is 2.75. The predicted octanol–water partition coefficient (Wildman–Crippen LogP) is 1.68. The number of benzene rings is 1. The number of aromatic nitrogens is 1. The van der Waals surface area contributed by atoms with Crippen molar-refractivity contribution in [2.75, 3.05) is 13.1 Å². The van der Waals surface area contributed by atoms with Crippen LogP contribution >= 0.6 is 0 Å². The molecule has 2 aromatic rings. The molecule has 0 aliphatic carbocycles. The van der Waals surface area contributed by atoms with Crippen LogP contribution in [-0.2, 0) is 4.79 Å². The summed E-state index contributed by atoms with van der Waals surface area (Å²) >= 11 is 0. The molecule has 3 rings (SSSR count). The highest BCUT2D eigenvalue weighted by molar-refractivity contribution is 5.92. The van der Waals surface area contributed by atoms with Crippen LogP contribution in [0.2, 0.25) is 0 Å². The Morgan fingerprint density at radius 2 is 1.71 bits per heavy atom. The number of hydrogen-bond acceptors (Lipinski definition) is 4. The van der Waals surface area contributed by atoms with Crippen molar-refractivity contribution < 1.29 is 9.59 Å². The lowest BCUT2D eigenvalue weighted by atomic mass is 10.1. The largest absolute Gasteiger partial charge is 0.341 e. The fourth-order valence-electron chi connectivity index (χ4n) is 2.75. The molecule has 0 bridgehead atoms. The molecule has 0 saturated carbocycles. The summed E-state index contributed by atoms with van der Waals surface area (Å²) in [4.78, 5) is 30.8. The molecular formula is C18H20N4O2. The monoisotopic (exact) mass is 324 g/mol. The molecule has 0 spiro atoms. The highest BCUT2D eigenvalue weighted by Crippen LogP contribution is 2.18. The SMILES string of the molecule is O=C(NN[C@H](C(=O)N1CCCC1)c1ccccc1)c1ccccn1. The summed E-state index contributed by atoms with van der Waals surface area (Å²) in [6.45, 7) is 1.52. The van der Waals surface area contributed by atoms with Crippen molar-refractivity contribution in [3.8, 4) is 0 Å². The molecular weight excluding hydrogens is 304 g/mol. The molecule has 2 N–H and O–H groups in total. The zero-order chi connectivity index (χ0) is 16.8. The molecule has 1 fully saturated rings. The van der Waals surface area contributed by atoms with Crippen LogP contribution in [0.4, 0.5) is 0 Å². The maximum Gasteiger partial charge on any atom is 0.283 e. The van der Waals surface area contributed by atoms with E-state index in [1.807, 2.05) is 35.2 Å². The van der Waals surface area contributed by atoms with Crippen LogP contribution in [0.15, 0.2) is 54.7 Å². The molecule has 1 atom stereocenters. The quantitative estimate of drug-likeness (QED) is 0.821. The lowest BCUT2D eigenvalue weighted by Crippen LogP contribution is -2.47. The minimum absolute atomic E-state index is 0.0278. The summed E-state index contributed by atoms with van der Waals surface area (Å²) < 4.78 is 0. The smallest absolute Gasteiger partial charge is 0.283 e. The highest BCUT2D eigenvalue weighted by atomic mass is 16.2. The van der Waals surface area contributed by atoms with Gasteiger partial charge in [-0.05, 0) is 30.5 Å². The Morgan fingerprint density at radius 3 is 2.38 bits per heavy atom. The number of likely N-dealkylation sites (tertiary alicyclic amines) is 1. The topological polar surface area (TPSA) is 74.3 Å². The van der Waals surface area contributed by atoms with E-state index in [2.05, 4.69) is 15.8 Å². The predicted molar refractivity (Wildman–Crippen MR) is 89.8 cm³/mol. The number of nitrogens with one attached hydrogen (secondary N) is 2. The summed E-state index contributed by atoms with van der Waals surface area (Å²) in [7, 11) is 0. The van der Waals surface area contributed by atoms with E-state index in [0.717, 1.165) is 31.5 Å². The number of amides is 2. The number of carbonyl (C=O) groups is 2.